The zero-order valence-electron chi connectivity index (χ0n) is 6.63. The number of hydrogen-bond acceptors (Lipinski definition) is 2. The van der Waals surface area contributed by atoms with Gasteiger partial charge in [0.05, 0.1) is 0 Å². The molecule has 0 spiro atoms. The fraction of sp³-hybridized carbons (Fsp3) is 0.857. The monoisotopic (exact) mass is 175 g/mol. The smallest absolute Gasteiger partial charge is 0.223 e. The molecule has 1 unspecified atom stereocenters. The Hall–Kier alpha value is -0.380. The third-order valence-electron chi connectivity index (χ3n) is 1.64. The lowest BCUT2D eigenvalue weighted by atomic mass is 10.4. The van der Waals surface area contributed by atoms with Crippen LogP contribution in [0.3, 0.4) is 0 Å². The van der Waals surface area contributed by atoms with Crippen molar-refractivity contribution < 1.29 is 9.00 Å². The summed E-state index contributed by atoms with van der Waals surface area (Å²) >= 11 is 0. The largest absolute Gasteiger partial charge is 0.355 e. The van der Waals surface area contributed by atoms with Crippen molar-refractivity contribution in [1.29, 1.82) is 0 Å². The van der Waals surface area contributed by atoms with Crippen LogP contribution in [0, 0.1) is 5.92 Å². The van der Waals surface area contributed by atoms with Gasteiger partial charge in [-0.15, -0.1) is 0 Å². The lowest BCUT2D eigenvalue weighted by molar-refractivity contribution is -0.122. The molecule has 0 bridgehead atoms. The van der Waals surface area contributed by atoms with E-state index in [0.29, 0.717) is 12.3 Å². The molecule has 0 aromatic heterocycles. The van der Waals surface area contributed by atoms with Crippen molar-refractivity contribution in [3.05, 3.63) is 0 Å². The van der Waals surface area contributed by atoms with Crippen LogP contribution < -0.4 is 5.32 Å². The molecule has 64 valence electrons. The van der Waals surface area contributed by atoms with E-state index in [4.69, 9.17) is 0 Å². The van der Waals surface area contributed by atoms with E-state index < -0.39 is 10.8 Å². The first kappa shape index (κ1) is 8.71. The lowest BCUT2D eigenvalue weighted by Crippen LogP contribution is -2.28. The Morgan fingerprint density at radius 3 is 2.73 bits per heavy atom. The Morgan fingerprint density at radius 1 is 1.64 bits per heavy atom. The van der Waals surface area contributed by atoms with E-state index in [9.17, 15) is 9.00 Å². The number of nitrogens with one attached hydrogen (secondary N) is 1. The number of amides is 1. The molecule has 4 heteroatoms. The first-order valence-electron chi connectivity index (χ1n) is 3.78. The van der Waals surface area contributed by atoms with Crippen molar-refractivity contribution in [2.45, 2.75) is 12.8 Å². The molecule has 1 aliphatic rings. The summed E-state index contributed by atoms with van der Waals surface area (Å²) in [6, 6.07) is 0. The van der Waals surface area contributed by atoms with Gasteiger partial charge in [-0.2, -0.15) is 0 Å². The minimum Gasteiger partial charge on any atom is -0.355 e. The van der Waals surface area contributed by atoms with Crippen LogP contribution in [0.25, 0.3) is 0 Å². The zero-order valence-corrected chi connectivity index (χ0v) is 7.45. The number of rotatable bonds is 4. The van der Waals surface area contributed by atoms with Gasteiger partial charge in [0.25, 0.3) is 0 Å². The molecule has 1 amide bonds. The maximum Gasteiger partial charge on any atom is 0.223 e. The molecule has 0 saturated heterocycles. The van der Waals surface area contributed by atoms with E-state index in [0.717, 1.165) is 12.8 Å². The summed E-state index contributed by atoms with van der Waals surface area (Å²) in [7, 11) is -0.790. The van der Waals surface area contributed by atoms with Crippen molar-refractivity contribution in [1.82, 2.24) is 5.32 Å². The molecule has 0 aromatic carbocycles. The highest BCUT2D eigenvalue weighted by molar-refractivity contribution is 7.84. The van der Waals surface area contributed by atoms with Crippen LogP contribution in [0.15, 0.2) is 0 Å². The third-order valence-corrected chi connectivity index (χ3v) is 2.42. The molecule has 1 saturated carbocycles. The van der Waals surface area contributed by atoms with E-state index in [1.165, 1.54) is 0 Å². The Kier molecular flexibility index (Phi) is 3.05. The van der Waals surface area contributed by atoms with E-state index >= 15 is 0 Å². The molecule has 0 aromatic rings. The molecule has 0 radical (unpaired) electrons. The van der Waals surface area contributed by atoms with Gasteiger partial charge in [-0.25, -0.2) is 0 Å². The van der Waals surface area contributed by atoms with E-state index in [1.54, 1.807) is 6.26 Å². The van der Waals surface area contributed by atoms with Crippen LogP contribution in [0.5, 0.6) is 0 Å². The first-order valence-corrected chi connectivity index (χ1v) is 5.50. The van der Waals surface area contributed by atoms with E-state index in [-0.39, 0.29) is 11.8 Å². The van der Waals surface area contributed by atoms with E-state index in [2.05, 4.69) is 5.32 Å². The SMILES string of the molecule is CS(=O)CCNC(=O)C1CC1. The summed E-state index contributed by atoms with van der Waals surface area (Å²) in [5, 5.41) is 2.74. The normalized spacial score (nSPS) is 19.4. The van der Waals surface area contributed by atoms with Crippen molar-refractivity contribution in [2.75, 3.05) is 18.6 Å². The van der Waals surface area contributed by atoms with Gasteiger partial charge < -0.3 is 5.32 Å². The predicted octanol–water partition coefficient (Wildman–Crippen LogP) is -0.109. The fourth-order valence-electron chi connectivity index (χ4n) is 0.808. The number of carbonyl (C=O) groups is 1. The minimum atomic E-state index is -0.790. The van der Waals surface area contributed by atoms with Crippen LogP contribution >= 0.6 is 0 Å². The van der Waals surface area contributed by atoms with Crippen LogP contribution in [0.2, 0.25) is 0 Å². The van der Waals surface area contributed by atoms with Gasteiger partial charge in [0.1, 0.15) is 0 Å². The van der Waals surface area contributed by atoms with E-state index in [1.807, 2.05) is 0 Å². The second kappa shape index (κ2) is 3.85. The molecule has 3 nitrogen and oxygen atoms in total. The molecule has 1 aliphatic carbocycles. The van der Waals surface area contributed by atoms with Crippen LogP contribution in [0.4, 0.5) is 0 Å². The van der Waals surface area contributed by atoms with Gasteiger partial charge in [-0.1, -0.05) is 0 Å². The van der Waals surface area contributed by atoms with Crippen molar-refractivity contribution in [2.24, 2.45) is 5.92 Å². The van der Waals surface area contributed by atoms with Gasteiger partial charge in [0, 0.05) is 35.3 Å². The highest BCUT2D eigenvalue weighted by atomic mass is 32.2. The summed E-state index contributed by atoms with van der Waals surface area (Å²) in [6.07, 6.45) is 3.70. The Labute approximate surface area is 69.0 Å². The third kappa shape index (κ3) is 3.51. The minimum absolute atomic E-state index is 0.135. The second-order valence-electron chi connectivity index (χ2n) is 2.84. The topological polar surface area (TPSA) is 46.2 Å². The lowest BCUT2D eigenvalue weighted by Gasteiger charge is -2.00. The Morgan fingerprint density at radius 2 is 2.27 bits per heavy atom. The molecular formula is C7H13NO2S. The standard InChI is InChI=1S/C7H13NO2S/c1-11(10)5-4-8-7(9)6-2-3-6/h6H,2-5H2,1H3,(H,8,9). The van der Waals surface area contributed by atoms with Gasteiger partial charge in [-0.05, 0) is 12.8 Å². The van der Waals surface area contributed by atoms with Crippen molar-refractivity contribution in [3.63, 3.8) is 0 Å². The molecule has 1 fully saturated rings. The molecule has 11 heavy (non-hydrogen) atoms. The Bertz CT molecular complexity index is 177. The maximum absolute atomic E-state index is 11.0. The van der Waals surface area contributed by atoms with Gasteiger partial charge in [0.2, 0.25) is 5.91 Å². The number of hydrogen-bond donors (Lipinski definition) is 1. The maximum atomic E-state index is 11.0. The highest BCUT2D eigenvalue weighted by Gasteiger charge is 2.28. The van der Waals surface area contributed by atoms with Crippen molar-refractivity contribution >= 4 is 16.7 Å². The Balaban J connectivity index is 2.02. The molecule has 1 atom stereocenters. The summed E-state index contributed by atoms with van der Waals surface area (Å²) in [5.74, 6) is 0.967. The van der Waals surface area contributed by atoms with Crippen LogP contribution in [0.1, 0.15) is 12.8 Å². The summed E-state index contributed by atoms with van der Waals surface area (Å²) in [5.41, 5.74) is 0. The zero-order chi connectivity index (χ0) is 8.27. The van der Waals surface area contributed by atoms with Crippen LogP contribution in [-0.4, -0.2) is 28.7 Å². The van der Waals surface area contributed by atoms with Crippen LogP contribution in [-0.2, 0) is 15.6 Å². The molecule has 1 N–H and O–H groups in total. The molecule has 0 aliphatic heterocycles. The van der Waals surface area contributed by atoms with Gasteiger partial charge >= 0.3 is 0 Å². The summed E-state index contributed by atoms with van der Waals surface area (Å²) in [4.78, 5) is 11.0. The highest BCUT2D eigenvalue weighted by Crippen LogP contribution is 2.28. The van der Waals surface area contributed by atoms with Crippen molar-refractivity contribution in [3.8, 4) is 0 Å². The predicted molar refractivity (Wildman–Crippen MR) is 44.7 cm³/mol. The average molecular weight is 175 g/mol. The first-order chi connectivity index (χ1) is 5.20. The quantitative estimate of drug-likeness (QED) is 0.648. The van der Waals surface area contributed by atoms with Gasteiger partial charge in [0.15, 0.2) is 0 Å². The molecule has 1 rings (SSSR count). The molecule has 0 heterocycles. The second-order valence-corrected chi connectivity index (χ2v) is 4.40. The summed E-state index contributed by atoms with van der Waals surface area (Å²) < 4.78 is 10.6. The fourth-order valence-corrected chi connectivity index (χ4v) is 1.20. The number of carbonyl (C=O) groups excluding carboxylic acids is 1. The summed E-state index contributed by atoms with van der Waals surface area (Å²) in [6.45, 7) is 0.554. The molecular weight excluding hydrogens is 162 g/mol. The average Bonchev–Trinajstić information content (AvgIpc) is 2.66. The van der Waals surface area contributed by atoms with Gasteiger partial charge in [-0.3, -0.25) is 9.00 Å².